The van der Waals surface area contributed by atoms with Crippen molar-refractivity contribution >= 4 is 27.5 Å². The maximum absolute atomic E-state index is 4.81. The van der Waals surface area contributed by atoms with Crippen LogP contribution in [0.4, 0.5) is 5.69 Å². The molecule has 0 aliphatic carbocycles. The number of anilines is 1. The van der Waals surface area contributed by atoms with Gasteiger partial charge >= 0.3 is 0 Å². The van der Waals surface area contributed by atoms with Crippen molar-refractivity contribution in [2.75, 3.05) is 11.9 Å². The molecule has 0 saturated heterocycles. The highest BCUT2D eigenvalue weighted by atomic mass is 14.8. The molecule has 1 aromatic heterocycles. The monoisotopic (exact) mass is 298 g/mol. The molecule has 0 unspecified atom stereocenters. The zero-order chi connectivity index (χ0) is 15.6. The van der Waals surface area contributed by atoms with Gasteiger partial charge in [-0.25, -0.2) is 4.98 Å². The molecule has 0 atom stereocenters. The number of aromatic nitrogens is 1. The van der Waals surface area contributed by atoms with Crippen molar-refractivity contribution in [2.24, 2.45) is 0 Å². The lowest BCUT2D eigenvalue weighted by atomic mass is 9.96. The van der Waals surface area contributed by atoms with E-state index in [1.165, 1.54) is 21.9 Å². The quantitative estimate of drug-likeness (QED) is 0.506. The van der Waals surface area contributed by atoms with E-state index in [0.29, 0.717) is 0 Å². The van der Waals surface area contributed by atoms with Crippen LogP contribution in [0.5, 0.6) is 0 Å². The zero-order valence-electron chi connectivity index (χ0n) is 13.1. The molecule has 0 amide bonds. The van der Waals surface area contributed by atoms with Gasteiger partial charge in [0, 0.05) is 28.6 Å². The summed E-state index contributed by atoms with van der Waals surface area (Å²) in [4.78, 5) is 4.81. The first-order chi connectivity index (χ1) is 11.4. The van der Waals surface area contributed by atoms with Crippen molar-refractivity contribution in [1.29, 1.82) is 0 Å². The van der Waals surface area contributed by atoms with Gasteiger partial charge in [0.1, 0.15) is 0 Å². The van der Waals surface area contributed by atoms with E-state index in [0.717, 1.165) is 23.3 Å². The summed E-state index contributed by atoms with van der Waals surface area (Å²) in [5.41, 5.74) is 5.70. The van der Waals surface area contributed by atoms with Crippen molar-refractivity contribution in [2.45, 2.75) is 6.92 Å². The Morgan fingerprint density at radius 1 is 0.783 bits per heavy atom. The highest BCUT2D eigenvalue weighted by Gasteiger charge is 2.10. The number of rotatable bonds is 3. The van der Waals surface area contributed by atoms with Crippen molar-refractivity contribution in [3.8, 4) is 11.1 Å². The van der Waals surface area contributed by atoms with Gasteiger partial charge in [0.25, 0.3) is 0 Å². The lowest BCUT2D eigenvalue weighted by molar-refractivity contribution is 1.21. The molecule has 1 N–H and O–H groups in total. The van der Waals surface area contributed by atoms with Crippen LogP contribution < -0.4 is 5.32 Å². The smallest absolute Gasteiger partial charge is 0.0715 e. The predicted molar refractivity (Wildman–Crippen MR) is 98.8 cm³/mol. The van der Waals surface area contributed by atoms with Crippen LogP contribution in [0.1, 0.15) is 6.92 Å². The highest BCUT2D eigenvalue weighted by molar-refractivity contribution is 6.09. The number of fused-ring (bicyclic) bond motifs is 2. The minimum Gasteiger partial charge on any atom is -0.385 e. The second-order valence-corrected chi connectivity index (χ2v) is 5.63. The molecular weight excluding hydrogens is 280 g/mol. The van der Waals surface area contributed by atoms with Crippen molar-refractivity contribution in [3.63, 3.8) is 0 Å². The number of para-hydroxylation sites is 2. The van der Waals surface area contributed by atoms with Crippen molar-refractivity contribution in [1.82, 2.24) is 4.98 Å². The number of nitrogens with zero attached hydrogens (tertiary/aromatic N) is 1. The van der Waals surface area contributed by atoms with Crippen LogP contribution in [-0.2, 0) is 0 Å². The average Bonchev–Trinajstić information content (AvgIpc) is 2.60. The Kier molecular flexibility index (Phi) is 3.43. The molecule has 3 aromatic carbocycles. The van der Waals surface area contributed by atoms with Gasteiger partial charge in [-0.1, -0.05) is 48.5 Å². The summed E-state index contributed by atoms with van der Waals surface area (Å²) in [7, 11) is 0. The first kappa shape index (κ1) is 13.8. The van der Waals surface area contributed by atoms with Crippen LogP contribution in [0.15, 0.2) is 72.8 Å². The molecule has 1 heterocycles. The number of pyridine rings is 1. The van der Waals surface area contributed by atoms with Crippen LogP contribution in [0.25, 0.3) is 32.9 Å². The van der Waals surface area contributed by atoms with Gasteiger partial charge in [-0.2, -0.15) is 0 Å². The van der Waals surface area contributed by atoms with Gasteiger partial charge in [0.05, 0.1) is 11.0 Å². The topological polar surface area (TPSA) is 24.9 Å². The molecule has 0 fully saturated rings. The van der Waals surface area contributed by atoms with Crippen molar-refractivity contribution in [3.05, 3.63) is 72.8 Å². The molecule has 0 aliphatic rings. The standard InChI is InChI=1S/C21H18N2/c1-2-22-16-9-7-8-15(14-16)21-17-10-3-5-12-19(17)23-20-13-6-4-11-18(20)21/h3-14,22H,2H2,1H3. The van der Waals surface area contributed by atoms with E-state index in [9.17, 15) is 0 Å². The molecule has 2 nitrogen and oxygen atoms in total. The molecule has 0 spiro atoms. The Bertz CT molecular complexity index is 935. The van der Waals surface area contributed by atoms with Crippen LogP contribution >= 0.6 is 0 Å². The van der Waals surface area contributed by atoms with Gasteiger partial charge in [0.2, 0.25) is 0 Å². The predicted octanol–water partition coefficient (Wildman–Crippen LogP) is 5.49. The van der Waals surface area contributed by atoms with Crippen LogP contribution in [0.3, 0.4) is 0 Å². The number of hydrogen-bond donors (Lipinski definition) is 1. The zero-order valence-corrected chi connectivity index (χ0v) is 13.1. The van der Waals surface area contributed by atoms with E-state index in [-0.39, 0.29) is 0 Å². The summed E-state index contributed by atoms with van der Waals surface area (Å²) < 4.78 is 0. The summed E-state index contributed by atoms with van der Waals surface area (Å²) in [5, 5.41) is 5.79. The van der Waals surface area contributed by atoms with Crippen molar-refractivity contribution < 1.29 is 0 Å². The molecule has 4 aromatic rings. The average molecular weight is 298 g/mol. The maximum Gasteiger partial charge on any atom is 0.0715 e. The summed E-state index contributed by atoms with van der Waals surface area (Å²) in [6, 6.07) is 25.3. The van der Waals surface area contributed by atoms with E-state index >= 15 is 0 Å². The largest absolute Gasteiger partial charge is 0.385 e. The third-order valence-electron chi connectivity index (χ3n) is 4.12. The van der Waals surface area contributed by atoms with E-state index in [1.807, 2.05) is 12.1 Å². The van der Waals surface area contributed by atoms with Crippen LogP contribution in [0.2, 0.25) is 0 Å². The second-order valence-electron chi connectivity index (χ2n) is 5.63. The van der Waals surface area contributed by atoms with Gasteiger partial charge < -0.3 is 5.32 Å². The number of hydrogen-bond acceptors (Lipinski definition) is 2. The molecular formula is C21H18N2. The van der Waals surface area contributed by atoms with Crippen LogP contribution in [0, 0.1) is 0 Å². The van der Waals surface area contributed by atoms with E-state index < -0.39 is 0 Å². The Hall–Kier alpha value is -2.87. The molecule has 2 heteroatoms. The first-order valence-electron chi connectivity index (χ1n) is 7.98. The summed E-state index contributed by atoms with van der Waals surface area (Å²) in [6.07, 6.45) is 0. The summed E-state index contributed by atoms with van der Waals surface area (Å²) >= 11 is 0. The molecule has 0 saturated carbocycles. The first-order valence-corrected chi connectivity index (χ1v) is 7.98. The van der Waals surface area contributed by atoms with Gasteiger partial charge in [0.15, 0.2) is 0 Å². The summed E-state index contributed by atoms with van der Waals surface area (Å²) in [6.45, 7) is 3.03. The van der Waals surface area contributed by atoms with E-state index in [1.54, 1.807) is 0 Å². The Morgan fingerprint density at radius 3 is 2.09 bits per heavy atom. The Labute approximate surface area is 135 Å². The second kappa shape index (κ2) is 5.73. The molecule has 23 heavy (non-hydrogen) atoms. The molecule has 0 bridgehead atoms. The maximum atomic E-state index is 4.81. The molecule has 4 rings (SSSR count). The number of nitrogens with one attached hydrogen (secondary N) is 1. The lowest BCUT2D eigenvalue weighted by Crippen LogP contribution is -1.96. The highest BCUT2D eigenvalue weighted by Crippen LogP contribution is 2.35. The van der Waals surface area contributed by atoms with E-state index in [2.05, 4.69) is 72.9 Å². The third-order valence-corrected chi connectivity index (χ3v) is 4.12. The van der Waals surface area contributed by atoms with Gasteiger partial charge in [-0.05, 0) is 36.8 Å². The minimum absolute atomic E-state index is 0.918. The molecule has 0 radical (unpaired) electrons. The molecule has 0 aliphatic heterocycles. The third kappa shape index (κ3) is 2.42. The Morgan fingerprint density at radius 2 is 1.43 bits per heavy atom. The van der Waals surface area contributed by atoms with Gasteiger partial charge in [-0.3, -0.25) is 0 Å². The molecule has 112 valence electrons. The normalized spacial score (nSPS) is 11.0. The van der Waals surface area contributed by atoms with E-state index in [4.69, 9.17) is 4.98 Å². The Balaban J connectivity index is 2.08. The van der Waals surface area contributed by atoms with Gasteiger partial charge in [-0.15, -0.1) is 0 Å². The number of benzene rings is 3. The summed E-state index contributed by atoms with van der Waals surface area (Å²) in [5.74, 6) is 0. The van der Waals surface area contributed by atoms with Crippen LogP contribution in [-0.4, -0.2) is 11.5 Å². The fraction of sp³-hybridized carbons (Fsp3) is 0.0952. The fourth-order valence-corrected chi connectivity index (χ4v) is 3.14. The minimum atomic E-state index is 0.918. The fourth-order valence-electron chi connectivity index (χ4n) is 3.14. The lowest BCUT2D eigenvalue weighted by Gasteiger charge is -2.12. The SMILES string of the molecule is CCNc1cccc(-c2c3ccccc3nc3ccccc23)c1.